The van der Waals surface area contributed by atoms with Crippen molar-refractivity contribution in [2.75, 3.05) is 0 Å². The molecule has 0 bridgehead atoms. The van der Waals surface area contributed by atoms with Gasteiger partial charge in [0.25, 0.3) is 5.56 Å². The Morgan fingerprint density at radius 1 is 1.26 bits per heavy atom. The fourth-order valence-electron chi connectivity index (χ4n) is 1.97. The molecule has 19 heavy (non-hydrogen) atoms. The molecule has 0 radical (unpaired) electrons. The molecule has 2 aromatic heterocycles. The first-order valence-corrected chi connectivity index (χ1v) is 6.10. The number of rotatable bonds is 2. The summed E-state index contributed by atoms with van der Waals surface area (Å²) in [5.74, 6) is 0.794. The lowest BCUT2D eigenvalue weighted by Gasteiger charge is -2.06. The Kier molecular flexibility index (Phi) is 2.67. The summed E-state index contributed by atoms with van der Waals surface area (Å²) in [4.78, 5) is 19.2. The van der Waals surface area contributed by atoms with Crippen molar-refractivity contribution < 1.29 is 4.52 Å². The van der Waals surface area contributed by atoms with Crippen molar-refractivity contribution in [1.82, 2.24) is 15.1 Å². The van der Waals surface area contributed by atoms with E-state index in [4.69, 9.17) is 4.52 Å². The number of nitrogens with one attached hydrogen (secondary N) is 1. The summed E-state index contributed by atoms with van der Waals surface area (Å²) in [6, 6.07) is 7.40. The molecule has 0 saturated heterocycles. The molecular weight excluding hydrogens is 242 g/mol. The fraction of sp³-hybridized carbons (Fsp3) is 0.214. The van der Waals surface area contributed by atoms with Gasteiger partial charge in [0.05, 0.1) is 10.9 Å². The summed E-state index contributed by atoms with van der Waals surface area (Å²) in [5, 5.41) is 4.37. The van der Waals surface area contributed by atoms with E-state index >= 15 is 0 Å². The van der Waals surface area contributed by atoms with Gasteiger partial charge in [0, 0.05) is 6.07 Å². The second-order valence-corrected chi connectivity index (χ2v) is 4.73. The van der Waals surface area contributed by atoms with Crippen LogP contribution in [0.5, 0.6) is 0 Å². The monoisotopic (exact) mass is 255 g/mol. The highest BCUT2D eigenvalue weighted by atomic mass is 16.5. The molecule has 96 valence electrons. The Bertz CT molecular complexity index is 773. The minimum absolute atomic E-state index is 0.162. The van der Waals surface area contributed by atoms with Crippen molar-refractivity contribution in [3.05, 3.63) is 46.4 Å². The van der Waals surface area contributed by atoms with E-state index in [1.54, 1.807) is 6.07 Å². The van der Waals surface area contributed by atoms with Crippen molar-refractivity contribution in [1.29, 1.82) is 0 Å². The van der Waals surface area contributed by atoms with E-state index in [9.17, 15) is 4.79 Å². The minimum Gasteiger partial charge on any atom is -0.364 e. The normalized spacial score (nSPS) is 11.3. The summed E-state index contributed by atoms with van der Waals surface area (Å²) >= 11 is 0. The Morgan fingerprint density at radius 3 is 2.79 bits per heavy atom. The average molecular weight is 255 g/mol. The van der Waals surface area contributed by atoms with Gasteiger partial charge in [-0.2, -0.15) is 0 Å². The molecule has 0 fully saturated rings. The Labute approximate surface area is 109 Å². The van der Waals surface area contributed by atoms with Crippen LogP contribution in [0.2, 0.25) is 0 Å². The van der Waals surface area contributed by atoms with Crippen LogP contribution < -0.4 is 5.56 Å². The van der Waals surface area contributed by atoms with Crippen LogP contribution in [0.15, 0.2) is 39.8 Å². The van der Waals surface area contributed by atoms with Gasteiger partial charge in [0.2, 0.25) is 0 Å². The largest absolute Gasteiger partial charge is 0.364 e. The molecule has 0 spiro atoms. The van der Waals surface area contributed by atoms with Crippen molar-refractivity contribution in [2.24, 2.45) is 0 Å². The maximum absolute atomic E-state index is 12.1. The van der Waals surface area contributed by atoms with E-state index in [-0.39, 0.29) is 5.56 Å². The maximum Gasteiger partial charge on any atom is 0.259 e. The molecule has 5 nitrogen and oxygen atoms in total. The SMILES string of the molecule is CC(C)c1ccc2nc(-c3ccon3)[nH]c(=O)c2c1. The van der Waals surface area contributed by atoms with Crippen LogP contribution in [-0.2, 0) is 0 Å². The van der Waals surface area contributed by atoms with Gasteiger partial charge in [-0.05, 0) is 23.6 Å². The van der Waals surface area contributed by atoms with Crippen LogP contribution in [0.4, 0.5) is 0 Å². The molecule has 0 amide bonds. The van der Waals surface area contributed by atoms with Crippen LogP contribution in [0.1, 0.15) is 25.3 Å². The highest BCUT2D eigenvalue weighted by molar-refractivity contribution is 5.79. The maximum atomic E-state index is 12.1. The first kappa shape index (κ1) is 11.6. The van der Waals surface area contributed by atoms with Gasteiger partial charge >= 0.3 is 0 Å². The molecule has 0 atom stereocenters. The third-order valence-corrected chi connectivity index (χ3v) is 3.08. The zero-order valence-corrected chi connectivity index (χ0v) is 10.7. The summed E-state index contributed by atoms with van der Waals surface area (Å²) in [7, 11) is 0. The second kappa shape index (κ2) is 4.35. The van der Waals surface area contributed by atoms with Gasteiger partial charge in [-0.25, -0.2) is 4.98 Å². The van der Waals surface area contributed by atoms with E-state index in [0.717, 1.165) is 5.56 Å². The second-order valence-electron chi connectivity index (χ2n) is 4.73. The van der Waals surface area contributed by atoms with E-state index in [0.29, 0.717) is 28.3 Å². The van der Waals surface area contributed by atoms with E-state index in [1.807, 2.05) is 18.2 Å². The standard InChI is InChI=1S/C14H13N3O2/c1-8(2)9-3-4-11-10(7-9)14(18)16-13(15-11)12-5-6-19-17-12/h3-8H,1-2H3,(H,15,16,18). The van der Waals surface area contributed by atoms with Crippen molar-refractivity contribution in [2.45, 2.75) is 19.8 Å². The van der Waals surface area contributed by atoms with Gasteiger partial charge in [0.15, 0.2) is 5.82 Å². The number of benzene rings is 1. The average Bonchev–Trinajstić information content (AvgIpc) is 2.92. The zero-order chi connectivity index (χ0) is 13.4. The minimum atomic E-state index is -0.162. The van der Waals surface area contributed by atoms with Gasteiger partial charge in [0.1, 0.15) is 12.0 Å². The Morgan fingerprint density at radius 2 is 2.11 bits per heavy atom. The van der Waals surface area contributed by atoms with Gasteiger partial charge < -0.3 is 9.51 Å². The summed E-state index contributed by atoms with van der Waals surface area (Å²) in [5.41, 5.74) is 2.14. The molecule has 0 saturated carbocycles. The quantitative estimate of drug-likeness (QED) is 0.764. The summed E-state index contributed by atoms with van der Waals surface area (Å²) in [6.45, 7) is 4.18. The third-order valence-electron chi connectivity index (χ3n) is 3.08. The molecule has 2 heterocycles. The van der Waals surface area contributed by atoms with Gasteiger partial charge in [-0.15, -0.1) is 0 Å². The molecule has 0 aliphatic rings. The molecule has 1 N–H and O–H groups in total. The van der Waals surface area contributed by atoms with E-state index < -0.39 is 0 Å². The van der Waals surface area contributed by atoms with Crippen LogP contribution in [-0.4, -0.2) is 15.1 Å². The van der Waals surface area contributed by atoms with Crippen LogP contribution in [0.3, 0.4) is 0 Å². The van der Waals surface area contributed by atoms with Crippen molar-refractivity contribution in [3.8, 4) is 11.5 Å². The molecule has 3 aromatic rings. The highest BCUT2D eigenvalue weighted by Gasteiger charge is 2.09. The summed E-state index contributed by atoms with van der Waals surface area (Å²) in [6.07, 6.45) is 1.45. The first-order valence-electron chi connectivity index (χ1n) is 6.10. The van der Waals surface area contributed by atoms with Crippen LogP contribution in [0, 0.1) is 0 Å². The number of hydrogen-bond acceptors (Lipinski definition) is 4. The molecule has 0 unspecified atom stereocenters. The third kappa shape index (κ3) is 2.03. The van der Waals surface area contributed by atoms with E-state index in [1.165, 1.54) is 6.26 Å². The lowest BCUT2D eigenvalue weighted by molar-refractivity contribution is 0.422. The van der Waals surface area contributed by atoms with Gasteiger partial charge in [-0.1, -0.05) is 25.1 Å². The molecule has 1 aromatic carbocycles. The van der Waals surface area contributed by atoms with E-state index in [2.05, 4.69) is 29.0 Å². The number of hydrogen-bond donors (Lipinski definition) is 1. The van der Waals surface area contributed by atoms with Crippen molar-refractivity contribution in [3.63, 3.8) is 0 Å². The molecule has 5 heteroatoms. The predicted molar refractivity (Wildman–Crippen MR) is 71.9 cm³/mol. The smallest absolute Gasteiger partial charge is 0.259 e. The molecular formula is C14H13N3O2. The van der Waals surface area contributed by atoms with Crippen LogP contribution in [0.25, 0.3) is 22.4 Å². The number of nitrogens with zero attached hydrogens (tertiary/aromatic N) is 2. The number of fused-ring (bicyclic) bond motifs is 1. The number of H-pyrrole nitrogens is 1. The molecule has 0 aliphatic heterocycles. The molecule has 3 rings (SSSR count). The molecule has 0 aliphatic carbocycles. The lowest BCUT2D eigenvalue weighted by Crippen LogP contribution is -2.10. The lowest BCUT2D eigenvalue weighted by atomic mass is 10.0. The summed E-state index contributed by atoms with van der Waals surface area (Å²) < 4.78 is 4.76. The highest BCUT2D eigenvalue weighted by Crippen LogP contribution is 2.19. The fourth-order valence-corrected chi connectivity index (χ4v) is 1.97. The van der Waals surface area contributed by atoms with Crippen molar-refractivity contribution >= 4 is 10.9 Å². The number of aromatic amines is 1. The van der Waals surface area contributed by atoms with Gasteiger partial charge in [-0.3, -0.25) is 4.79 Å². The first-order chi connectivity index (χ1) is 9.15. The zero-order valence-electron chi connectivity index (χ0n) is 10.7. The number of aromatic nitrogens is 3. The predicted octanol–water partition coefficient (Wildman–Crippen LogP) is 2.70. The van der Waals surface area contributed by atoms with Crippen LogP contribution >= 0.6 is 0 Å². The Balaban J connectivity index is 2.23. The Hall–Kier alpha value is -2.43. The topological polar surface area (TPSA) is 71.8 Å².